The topological polar surface area (TPSA) is 53.5 Å². The Morgan fingerprint density at radius 3 is 2.52 bits per heavy atom. The van der Waals surface area contributed by atoms with Crippen LogP contribution in [-0.2, 0) is 11.2 Å². The SMILES string of the molecule is O=C(CNCCc1ccccc1)N/N=C/c1ccc2ccccc2c1. The Morgan fingerprint density at radius 2 is 1.68 bits per heavy atom. The molecule has 25 heavy (non-hydrogen) atoms. The summed E-state index contributed by atoms with van der Waals surface area (Å²) >= 11 is 0. The summed E-state index contributed by atoms with van der Waals surface area (Å²) in [5, 5.41) is 9.48. The molecule has 0 saturated carbocycles. The van der Waals surface area contributed by atoms with E-state index < -0.39 is 0 Å². The first-order valence-corrected chi connectivity index (χ1v) is 8.36. The second kappa shape index (κ2) is 8.76. The quantitative estimate of drug-likeness (QED) is 0.397. The van der Waals surface area contributed by atoms with Crippen molar-refractivity contribution in [3.05, 3.63) is 83.9 Å². The monoisotopic (exact) mass is 331 g/mol. The van der Waals surface area contributed by atoms with Crippen LogP contribution in [0.5, 0.6) is 0 Å². The number of nitrogens with one attached hydrogen (secondary N) is 2. The molecule has 0 aliphatic rings. The first-order chi connectivity index (χ1) is 12.3. The molecule has 3 rings (SSSR count). The van der Waals surface area contributed by atoms with Gasteiger partial charge >= 0.3 is 0 Å². The molecular formula is C21H21N3O. The maximum absolute atomic E-state index is 11.8. The molecule has 0 aliphatic carbocycles. The lowest BCUT2D eigenvalue weighted by Crippen LogP contribution is -2.32. The van der Waals surface area contributed by atoms with Gasteiger partial charge in [0.2, 0.25) is 0 Å². The lowest BCUT2D eigenvalue weighted by Gasteiger charge is -2.04. The molecule has 126 valence electrons. The van der Waals surface area contributed by atoms with Gasteiger partial charge in [0, 0.05) is 0 Å². The van der Waals surface area contributed by atoms with E-state index in [0.717, 1.165) is 23.9 Å². The Bertz CT molecular complexity index is 859. The highest BCUT2D eigenvalue weighted by Gasteiger charge is 1.99. The van der Waals surface area contributed by atoms with Crippen LogP contribution in [0.2, 0.25) is 0 Å². The van der Waals surface area contributed by atoms with E-state index in [-0.39, 0.29) is 12.5 Å². The summed E-state index contributed by atoms with van der Waals surface area (Å²) in [6, 6.07) is 24.4. The van der Waals surface area contributed by atoms with Gasteiger partial charge in [-0.3, -0.25) is 4.79 Å². The van der Waals surface area contributed by atoms with Crippen molar-refractivity contribution in [3.8, 4) is 0 Å². The van der Waals surface area contributed by atoms with Gasteiger partial charge in [-0.15, -0.1) is 0 Å². The third-order valence-electron chi connectivity index (χ3n) is 3.90. The van der Waals surface area contributed by atoms with Gasteiger partial charge in [-0.05, 0) is 40.9 Å². The van der Waals surface area contributed by atoms with Crippen LogP contribution in [0.15, 0.2) is 77.9 Å². The Hall–Kier alpha value is -2.98. The number of benzene rings is 3. The number of carbonyl (C=O) groups excluding carboxylic acids is 1. The maximum Gasteiger partial charge on any atom is 0.254 e. The normalized spacial score (nSPS) is 11.0. The number of rotatable bonds is 7. The highest BCUT2D eigenvalue weighted by molar-refractivity contribution is 5.90. The van der Waals surface area contributed by atoms with E-state index in [9.17, 15) is 4.79 Å². The van der Waals surface area contributed by atoms with Gasteiger partial charge in [0.1, 0.15) is 0 Å². The predicted octanol–water partition coefficient (Wildman–Crippen LogP) is 3.12. The van der Waals surface area contributed by atoms with Crippen molar-refractivity contribution in [2.75, 3.05) is 13.1 Å². The van der Waals surface area contributed by atoms with E-state index in [1.807, 2.05) is 48.5 Å². The molecule has 0 atom stereocenters. The van der Waals surface area contributed by atoms with Crippen LogP contribution in [0.4, 0.5) is 0 Å². The van der Waals surface area contributed by atoms with E-state index >= 15 is 0 Å². The van der Waals surface area contributed by atoms with E-state index in [0.29, 0.717) is 0 Å². The molecule has 3 aromatic carbocycles. The first kappa shape index (κ1) is 16.9. The molecule has 0 aliphatic heterocycles. The van der Waals surface area contributed by atoms with Gasteiger partial charge in [0.05, 0.1) is 12.8 Å². The van der Waals surface area contributed by atoms with Crippen molar-refractivity contribution in [1.29, 1.82) is 0 Å². The summed E-state index contributed by atoms with van der Waals surface area (Å²) in [6.07, 6.45) is 2.56. The summed E-state index contributed by atoms with van der Waals surface area (Å²) in [7, 11) is 0. The Labute approximate surface area is 147 Å². The molecule has 4 nitrogen and oxygen atoms in total. The van der Waals surface area contributed by atoms with Gasteiger partial charge in [-0.2, -0.15) is 5.10 Å². The fourth-order valence-corrected chi connectivity index (χ4v) is 2.59. The molecule has 2 N–H and O–H groups in total. The number of hydrogen-bond donors (Lipinski definition) is 2. The summed E-state index contributed by atoms with van der Waals surface area (Å²) in [5.74, 6) is -0.148. The number of hydrazone groups is 1. The largest absolute Gasteiger partial charge is 0.308 e. The average Bonchev–Trinajstić information content (AvgIpc) is 2.66. The maximum atomic E-state index is 11.8. The molecule has 0 bridgehead atoms. The number of hydrogen-bond acceptors (Lipinski definition) is 3. The third-order valence-corrected chi connectivity index (χ3v) is 3.90. The van der Waals surface area contributed by atoms with Crippen molar-refractivity contribution in [1.82, 2.24) is 10.7 Å². The summed E-state index contributed by atoms with van der Waals surface area (Å²) in [4.78, 5) is 11.8. The molecule has 4 heteroatoms. The van der Waals surface area contributed by atoms with Gasteiger partial charge in [0.15, 0.2) is 0 Å². The van der Waals surface area contributed by atoms with Crippen molar-refractivity contribution < 1.29 is 4.79 Å². The van der Waals surface area contributed by atoms with Crippen LogP contribution in [0.3, 0.4) is 0 Å². The van der Waals surface area contributed by atoms with E-state index in [4.69, 9.17) is 0 Å². The fraction of sp³-hybridized carbons (Fsp3) is 0.143. The van der Waals surface area contributed by atoms with Gasteiger partial charge in [-0.1, -0.05) is 66.7 Å². The molecule has 1 amide bonds. The van der Waals surface area contributed by atoms with Crippen molar-refractivity contribution in [2.24, 2.45) is 5.10 Å². The van der Waals surface area contributed by atoms with Crippen LogP contribution in [0.25, 0.3) is 10.8 Å². The predicted molar refractivity (Wildman–Crippen MR) is 103 cm³/mol. The zero-order valence-electron chi connectivity index (χ0n) is 14.0. The van der Waals surface area contributed by atoms with Crippen molar-refractivity contribution in [2.45, 2.75) is 6.42 Å². The second-order valence-corrected chi connectivity index (χ2v) is 5.81. The minimum Gasteiger partial charge on any atom is -0.308 e. The highest BCUT2D eigenvalue weighted by atomic mass is 16.2. The van der Waals surface area contributed by atoms with Gasteiger partial charge in [-0.25, -0.2) is 5.43 Å². The van der Waals surface area contributed by atoms with Crippen LogP contribution < -0.4 is 10.7 Å². The van der Waals surface area contributed by atoms with E-state index in [2.05, 4.69) is 40.1 Å². The Kier molecular flexibility index (Phi) is 5.91. The Balaban J connectivity index is 1.41. The average molecular weight is 331 g/mol. The number of amides is 1. The fourth-order valence-electron chi connectivity index (χ4n) is 2.59. The first-order valence-electron chi connectivity index (χ1n) is 8.36. The van der Waals surface area contributed by atoms with Gasteiger partial charge in [0.25, 0.3) is 5.91 Å². The molecular weight excluding hydrogens is 310 g/mol. The smallest absolute Gasteiger partial charge is 0.254 e. The molecule has 0 radical (unpaired) electrons. The number of fused-ring (bicyclic) bond motifs is 1. The molecule has 0 spiro atoms. The van der Waals surface area contributed by atoms with E-state index in [1.54, 1.807) is 6.21 Å². The molecule has 0 aromatic heterocycles. The zero-order chi connectivity index (χ0) is 17.3. The van der Waals surface area contributed by atoms with Crippen LogP contribution in [0, 0.1) is 0 Å². The highest BCUT2D eigenvalue weighted by Crippen LogP contribution is 2.14. The van der Waals surface area contributed by atoms with E-state index in [1.165, 1.54) is 10.9 Å². The standard InChI is InChI=1S/C21H21N3O/c25-21(16-22-13-12-17-6-2-1-3-7-17)24-23-15-18-10-11-19-8-4-5-9-20(19)14-18/h1-11,14-15,22H,12-13,16H2,(H,24,25)/b23-15+. The lowest BCUT2D eigenvalue weighted by molar-refractivity contribution is -0.120. The minimum atomic E-state index is -0.148. The molecule has 0 saturated heterocycles. The lowest BCUT2D eigenvalue weighted by atomic mass is 10.1. The van der Waals surface area contributed by atoms with Crippen LogP contribution in [-0.4, -0.2) is 25.2 Å². The summed E-state index contributed by atoms with van der Waals surface area (Å²) in [5.41, 5.74) is 4.75. The third kappa shape index (κ3) is 5.26. The van der Waals surface area contributed by atoms with Crippen molar-refractivity contribution >= 4 is 22.9 Å². The zero-order valence-corrected chi connectivity index (χ0v) is 14.0. The molecule has 0 heterocycles. The molecule has 0 fully saturated rings. The number of carbonyl (C=O) groups is 1. The number of nitrogens with zero attached hydrogens (tertiary/aromatic N) is 1. The minimum absolute atomic E-state index is 0.148. The van der Waals surface area contributed by atoms with Gasteiger partial charge < -0.3 is 5.32 Å². The van der Waals surface area contributed by atoms with Crippen LogP contribution >= 0.6 is 0 Å². The Morgan fingerprint density at radius 1 is 0.920 bits per heavy atom. The van der Waals surface area contributed by atoms with Crippen molar-refractivity contribution in [3.63, 3.8) is 0 Å². The second-order valence-electron chi connectivity index (χ2n) is 5.81. The summed E-state index contributed by atoms with van der Waals surface area (Å²) < 4.78 is 0. The molecule has 3 aromatic rings. The molecule has 0 unspecified atom stereocenters. The summed E-state index contributed by atoms with van der Waals surface area (Å²) in [6.45, 7) is 1.01. The van der Waals surface area contributed by atoms with Crippen LogP contribution in [0.1, 0.15) is 11.1 Å².